The zero-order chi connectivity index (χ0) is 44.9. The summed E-state index contributed by atoms with van der Waals surface area (Å²) in [5, 5.41) is 14.6. The number of hydrogen-bond acceptors (Lipinski definition) is 9. The molecule has 15 heteroatoms. The molecule has 0 bridgehead atoms. The number of methoxy groups -OCH3 is 1. The standard InChI is InChI=1S/C45H79N7O8/c1-13-32(20-43(8,9)29-58-12)16-14-15-18-59-40(57)50-34-22-42(6,7)25-44(10,24-34)27-46-38(55)52-37-48-30(2)35(36(54)51-37)17-19-60-39(56)47-28-45(11)23-33(49-31(3)53)21-41(4,5)26-45/h32-34H,13-29H2,1-12H3,(H,47,56)(H,49,53)(H,50,57)(H3,46,48,51,52,54,55). The molecular formula is C45H79N7O8. The number of nitrogens with one attached hydrogen (secondary N) is 6. The van der Waals surface area contributed by atoms with Crippen LogP contribution in [0.1, 0.15) is 151 Å². The van der Waals surface area contributed by atoms with Crippen LogP contribution in [0.4, 0.5) is 20.3 Å². The summed E-state index contributed by atoms with van der Waals surface area (Å²) in [6, 6.07) is -0.579. The maximum absolute atomic E-state index is 13.0. The number of amides is 5. The van der Waals surface area contributed by atoms with Gasteiger partial charge in [0.05, 0.1) is 19.8 Å². The Balaban J connectivity index is 1.42. The first-order valence-electron chi connectivity index (χ1n) is 22.1. The van der Waals surface area contributed by atoms with E-state index >= 15 is 0 Å². The maximum Gasteiger partial charge on any atom is 0.407 e. The Morgan fingerprint density at radius 3 is 2.00 bits per heavy atom. The first kappa shape index (κ1) is 50.5. The van der Waals surface area contributed by atoms with Crippen LogP contribution < -0.4 is 32.1 Å². The van der Waals surface area contributed by atoms with E-state index in [1.54, 1.807) is 14.0 Å². The number of ether oxygens (including phenoxy) is 3. The summed E-state index contributed by atoms with van der Waals surface area (Å²) in [7, 11) is 1.75. The van der Waals surface area contributed by atoms with Crippen LogP contribution in [0.25, 0.3) is 0 Å². The molecule has 6 N–H and O–H groups in total. The summed E-state index contributed by atoms with van der Waals surface area (Å²) in [5.41, 5.74) is -0.132. The molecule has 15 nitrogen and oxygen atoms in total. The Hall–Kier alpha value is -3.88. The molecule has 2 saturated carbocycles. The SMILES string of the molecule is CCC(CCCCOC(=O)NC1CC(C)(C)CC(C)(CNC(=O)Nc2nc(=O)c(CCOC(=O)NCC3(C)CC(NC(C)=O)CC(C)(C)C3)c(C)[nH]2)C1)CC(C)(C)COC. The van der Waals surface area contributed by atoms with Crippen molar-refractivity contribution in [1.82, 2.24) is 31.2 Å². The number of hydrogen-bond donors (Lipinski definition) is 6. The molecular weight excluding hydrogens is 767 g/mol. The number of urea groups is 1. The van der Waals surface area contributed by atoms with Gasteiger partial charge in [0.2, 0.25) is 11.9 Å². The van der Waals surface area contributed by atoms with E-state index in [9.17, 15) is 24.0 Å². The fraction of sp³-hybridized carbons (Fsp3) is 0.822. The summed E-state index contributed by atoms with van der Waals surface area (Å²) in [4.78, 5) is 70.2. The average molecular weight is 846 g/mol. The molecule has 5 amide bonds. The fourth-order valence-electron chi connectivity index (χ4n) is 10.6. The van der Waals surface area contributed by atoms with Crippen molar-refractivity contribution < 1.29 is 33.4 Å². The van der Waals surface area contributed by atoms with Gasteiger partial charge in [0.15, 0.2) is 0 Å². The van der Waals surface area contributed by atoms with Gasteiger partial charge in [-0.1, -0.05) is 75.2 Å². The minimum absolute atomic E-state index is 0.00526. The highest BCUT2D eigenvalue weighted by Crippen LogP contribution is 2.47. The number of carbonyl (C=O) groups is 4. The van der Waals surface area contributed by atoms with Crippen molar-refractivity contribution in [3.05, 3.63) is 21.6 Å². The highest BCUT2D eigenvalue weighted by Gasteiger charge is 2.43. The number of aryl methyl sites for hydroxylation is 1. The topological polar surface area (TPSA) is 202 Å². The van der Waals surface area contributed by atoms with Crippen molar-refractivity contribution in [2.24, 2.45) is 33.0 Å². The van der Waals surface area contributed by atoms with E-state index in [1.807, 2.05) is 0 Å². The Morgan fingerprint density at radius 1 is 0.850 bits per heavy atom. The van der Waals surface area contributed by atoms with Gasteiger partial charge in [0, 0.05) is 56.9 Å². The van der Waals surface area contributed by atoms with E-state index in [-0.39, 0.29) is 64.0 Å². The lowest BCUT2D eigenvalue weighted by atomic mass is 9.62. The Morgan fingerprint density at radius 2 is 1.43 bits per heavy atom. The van der Waals surface area contributed by atoms with E-state index in [1.165, 1.54) is 6.92 Å². The average Bonchev–Trinajstić information content (AvgIpc) is 3.08. The molecule has 0 spiro atoms. The van der Waals surface area contributed by atoms with Crippen LogP contribution in [-0.2, 0) is 25.4 Å². The second-order valence-electron chi connectivity index (χ2n) is 21.1. The molecule has 1 aromatic rings. The summed E-state index contributed by atoms with van der Waals surface area (Å²) in [5.74, 6) is 0.565. The van der Waals surface area contributed by atoms with E-state index in [4.69, 9.17) is 14.2 Å². The lowest BCUT2D eigenvalue weighted by Gasteiger charge is -2.46. The third-order valence-corrected chi connectivity index (χ3v) is 12.2. The smallest absolute Gasteiger partial charge is 0.407 e. The van der Waals surface area contributed by atoms with Crippen molar-refractivity contribution in [3.63, 3.8) is 0 Å². The molecule has 1 aromatic heterocycles. The van der Waals surface area contributed by atoms with E-state index in [2.05, 4.69) is 98.9 Å². The summed E-state index contributed by atoms with van der Waals surface area (Å²) in [6.07, 6.45) is 9.13. The molecule has 3 rings (SSSR count). The van der Waals surface area contributed by atoms with E-state index in [0.717, 1.165) is 70.8 Å². The van der Waals surface area contributed by atoms with Crippen molar-refractivity contribution in [2.45, 2.75) is 165 Å². The number of rotatable bonds is 20. The van der Waals surface area contributed by atoms with Crippen LogP contribution in [0.3, 0.4) is 0 Å². The first-order valence-corrected chi connectivity index (χ1v) is 22.1. The van der Waals surface area contributed by atoms with Crippen LogP contribution >= 0.6 is 0 Å². The van der Waals surface area contributed by atoms with Gasteiger partial charge in [0.25, 0.3) is 5.56 Å². The number of nitrogens with zero attached hydrogens (tertiary/aromatic N) is 1. The molecule has 0 aromatic carbocycles. The van der Waals surface area contributed by atoms with Gasteiger partial charge in [-0.05, 0) is 97.7 Å². The number of unbranched alkanes of at least 4 members (excludes halogenated alkanes) is 1. The molecule has 2 aliphatic rings. The minimum atomic E-state index is -0.578. The molecule has 2 aliphatic carbocycles. The fourth-order valence-corrected chi connectivity index (χ4v) is 10.6. The monoisotopic (exact) mass is 846 g/mol. The number of carbonyl (C=O) groups excluding carboxylic acids is 4. The predicted octanol–water partition coefficient (Wildman–Crippen LogP) is 7.76. The van der Waals surface area contributed by atoms with Crippen LogP contribution in [-0.4, -0.2) is 86.2 Å². The maximum atomic E-state index is 13.0. The van der Waals surface area contributed by atoms with E-state index in [0.29, 0.717) is 43.3 Å². The van der Waals surface area contributed by atoms with Crippen molar-refractivity contribution >= 4 is 30.1 Å². The lowest BCUT2D eigenvalue weighted by molar-refractivity contribution is -0.120. The normalized spacial score (nSPS) is 24.1. The van der Waals surface area contributed by atoms with Gasteiger partial charge < -0.3 is 40.5 Å². The number of aromatic amines is 1. The van der Waals surface area contributed by atoms with Gasteiger partial charge in [-0.2, -0.15) is 4.98 Å². The van der Waals surface area contributed by atoms with Crippen LogP contribution in [0.2, 0.25) is 0 Å². The van der Waals surface area contributed by atoms with Gasteiger partial charge in [-0.25, -0.2) is 14.4 Å². The minimum Gasteiger partial charge on any atom is -0.450 e. The van der Waals surface area contributed by atoms with E-state index < -0.39 is 23.8 Å². The largest absolute Gasteiger partial charge is 0.450 e. The molecule has 5 unspecified atom stereocenters. The molecule has 0 aliphatic heterocycles. The Bertz CT molecular complexity index is 1660. The Labute approximate surface area is 359 Å². The zero-order valence-electron chi connectivity index (χ0n) is 39.0. The van der Waals surface area contributed by atoms with Gasteiger partial charge >= 0.3 is 18.2 Å². The summed E-state index contributed by atoms with van der Waals surface area (Å²) >= 11 is 0. The molecule has 0 radical (unpaired) electrons. The van der Waals surface area contributed by atoms with Crippen molar-refractivity contribution in [3.8, 4) is 0 Å². The zero-order valence-corrected chi connectivity index (χ0v) is 39.0. The quantitative estimate of drug-likeness (QED) is 0.0710. The molecule has 0 saturated heterocycles. The van der Waals surface area contributed by atoms with Crippen LogP contribution in [0.5, 0.6) is 0 Å². The Kier molecular flexibility index (Phi) is 18.3. The van der Waals surface area contributed by atoms with Gasteiger partial charge in [-0.3, -0.25) is 14.9 Å². The van der Waals surface area contributed by atoms with Crippen molar-refractivity contribution in [2.75, 3.05) is 45.3 Å². The van der Waals surface area contributed by atoms with Gasteiger partial charge in [-0.15, -0.1) is 0 Å². The molecule has 5 atom stereocenters. The second kappa shape index (κ2) is 21.8. The summed E-state index contributed by atoms with van der Waals surface area (Å²) < 4.78 is 16.4. The van der Waals surface area contributed by atoms with Gasteiger partial charge in [0.1, 0.15) is 0 Å². The third kappa shape index (κ3) is 17.6. The van der Waals surface area contributed by atoms with Crippen LogP contribution in [0, 0.1) is 39.9 Å². The predicted molar refractivity (Wildman–Crippen MR) is 235 cm³/mol. The number of alkyl carbamates (subject to hydrolysis) is 2. The number of aromatic nitrogens is 2. The molecule has 60 heavy (non-hydrogen) atoms. The molecule has 1 heterocycles. The molecule has 342 valence electrons. The molecule has 2 fully saturated rings. The van der Waals surface area contributed by atoms with Crippen molar-refractivity contribution in [1.29, 1.82) is 0 Å². The highest BCUT2D eigenvalue weighted by molar-refractivity contribution is 5.87. The second-order valence-corrected chi connectivity index (χ2v) is 21.1. The summed E-state index contributed by atoms with van der Waals surface area (Å²) in [6.45, 7) is 24.7. The van der Waals surface area contributed by atoms with Crippen LogP contribution in [0.15, 0.2) is 4.79 Å². The number of anilines is 1. The highest BCUT2D eigenvalue weighted by atomic mass is 16.6. The third-order valence-electron chi connectivity index (χ3n) is 12.2. The first-order chi connectivity index (χ1) is 27.8. The lowest BCUT2D eigenvalue weighted by Crippen LogP contribution is -2.51. The number of H-pyrrole nitrogens is 1.